The third-order valence-electron chi connectivity index (χ3n) is 3.60. The van der Waals surface area contributed by atoms with Gasteiger partial charge in [-0.1, -0.05) is 13.3 Å². The van der Waals surface area contributed by atoms with Gasteiger partial charge in [0.05, 0.1) is 0 Å². The Bertz CT molecular complexity index is 294. The standard InChI is InChI=1S/C13H25N3O2/c1-3-7-15-12(17)9(2)16-13(18)11-6-4-5-10(11)8-14/h9-11H,3-8,14H2,1-2H3,(H,15,17)(H,16,18). The molecule has 0 aliphatic heterocycles. The molecule has 3 atom stereocenters. The van der Waals surface area contributed by atoms with Gasteiger partial charge in [-0.25, -0.2) is 0 Å². The van der Waals surface area contributed by atoms with Gasteiger partial charge in [0.15, 0.2) is 0 Å². The van der Waals surface area contributed by atoms with E-state index < -0.39 is 6.04 Å². The third-order valence-corrected chi connectivity index (χ3v) is 3.60. The van der Waals surface area contributed by atoms with E-state index in [2.05, 4.69) is 10.6 Å². The van der Waals surface area contributed by atoms with Crippen molar-refractivity contribution in [1.82, 2.24) is 10.6 Å². The Labute approximate surface area is 109 Å². The molecule has 4 N–H and O–H groups in total. The van der Waals surface area contributed by atoms with Crippen LogP contribution in [-0.2, 0) is 9.59 Å². The van der Waals surface area contributed by atoms with Crippen LogP contribution in [-0.4, -0.2) is 30.9 Å². The van der Waals surface area contributed by atoms with Crippen molar-refractivity contribution in [3.8, 4) is 0 Å². The van der Waals surface area contributed by atoms with E-state index in [4.69, 9.17) is 5.73 Å². The highest BCUT2D eigenvalue weighted by molar-refractivity contribution is 5.88. The smallest absolute Gasteiger partial charge is 0.242 e. The van der Waals surface area contributed by atoms with Crippen LogP contribution in [0.4, 0.5) is 0 Å². The summed E-state index contributed by atoms with van der Waals surface area (Å²) in [5, 5.41) is 5.56. The summed E-state index contributed by atoms with van der Waals surface area (Å²) < 4.78 is 0. The first-order valence-electron chi connectivity index (χ1n) is 6.88. The number of rotatable bonds is 6. The predicted octanol–water partition coefficient (Wildman–Crippen LogP) is 0.392. The van der Waals surface area contributed by atoms with Crippen molar-refractivity contribution in [2.24, 2.45) is 17.6 Å². The summed E-state index contributed by atoms with van der Waals surface area (Å²) >= 11 is 0. The van der Waals surface area contributed by atoms with Crippen LogP contribution < -0.4 is 16.4 Å². The molecule has 0 aromatic heterocycles. The van der Waals surface area contributed by atoms with Gasteiger partial charge in [0.1, 0.15) is 6.04 Å². The summed E-state index contributed by atoms with van der Waals surface area (Å²) in [4.78, 5) is 23.7. The lowest BCUT2D eigenvalue weighted by atomic mass is 9.95. The molecule has 5 nitrogen and oxygen atoms in total. The number of hydrogen-bond acceptors (Lipinski definition) is 3. The molecule has 0 heterocycles. The maximum atomic E-state index is 12.1. The summed E-state index contributed by atoms with van der Waals surface area (Å²) in [6, 6.07) is -0.469. The van der Waals surface area contributed by atoms with Crippen LogP contribution in [0.5, 0.6) is 0 Å². The maximum Gasteiger partial charge on any atom is 0.242 e. The molecule has 18 heavy (non-hydrogen) atoms. The lowest BCUT2D eigenvalue weighted by Gasteiger charge is -2.20. The Balaban J connectivity index is 2.41. The summed E-state index contributed by atoms with van der Waals surface area (Å²) in [7, 11) is 0. The normalized spacial score (nSPS) is 24.6. The fraction of sp³-hybridized carbons (Fsp3) is 0.846. The van der Waals surface area contributed by atoms with E-state index in [-0.39, 0.29) is 23.7 Å². The van der Waals surface area contributed by atoms with E-state index in [1.807, 2.05) is 6.92 Å². The molecule has 5 heteroatoms. The molecule has 1 saturated carbocycles. The average Bonchev–Trinajstić information content (AvgIpc) is 2.83. The number of carbonyl (C=O) groups is 2. The molecule has 1 aliphatic carbocycles. The van der Waals surface area contributed by atoms with Crippen molar-refractivity contribution in [3.63, 3.8) is 0 Å². The Hall–Kier alpha value is -1.10. The van der Waals surface area contributed by atoms with Crippen molar-refractivity contribution in [3.05, 3.63) is 0 Å². The van der Waals surface area contributed by atoms with Crippen LogP contribution in [0, 0.1) is 11.8 Å². The average molecular weight is 255 g/mol. The van der Waals surface area contributed by atoms with Crippen molar-refractivity contribution in [2.75, 3.05) is 13.1 Å². The minimum absolute atomic E-state index is 0.0172. The van der Waals surface area contributed by atoms with E-state index in [1.54, 1.807) is 6.92 Å². The molecule has 1 aliphatic rings. The van der Waals surface area contributed by atoms with Gasteiger partial charge in [-0.05, 0) is 38.6 Å². The number of carbonyl (C=O) groups excluding carboxylic acids is 2. The quantitative estimate of drug-likeness (QED) is 0.642. The van der Waals surface area contributed by atoms with Crippen LogP contribution in [0.3, 0.4) is 0 Å². The van der Waals surface area contributed by atoms with E-state index >= 15 is 0 Å². The van der Waals surface area contributed by atoms with Crippen LogP contribution in [0.1, 0.15) is 39.5 Å². The van der Waals surface area contributed by atoms with Gasteiger partial charge in [0.25, 0.3) is 0 Å². The highest BCUT2D eigenvalue weighted by Gasteiger charge is 2.32. The molecule has 0 aromatic rings. The molecule has 0 aromatic carbocycles. The molecule has 2 amide bonds. The van der Waals surface area contributed by atoms with Gasteiger partial charge in [0, 0.05) is 12.5 Å². The van der Waals surface area contributed by atoms with Crippen LogP contribution >= 0.6 is 0 Å². The molecule has 1 fully saturated rings. The van der Waals surface area contributed by atoms with E-state index in [9.17, 15) is 9.59 Å². The lowest BCUT2D eigenvalue weighted by molar-refractivity contribution is -0.131. The summed E-state index contributed by atoms with van der Waals surface area (Å²) in [6.07, 6.45) is 3.85. The minimum Gasteiger partial charge on any atom is -0.354 e. The zero-order valence-corrected chi connectivity index (χ0v) is 11.4. The van der Waals surface area contributed by atoms with Crippen LogP contribution in [0.25, 0.3) is 0 Å². The molecule has 0 saturated heterocycles. The molecule has 104 valence electrons. The zero-order valence-electron chi connectivity index (χ0n) is 11.4. The Morgan fingerprint density at radius 3 is 2.72 bits per heavy atom. The van der Waals surface area contributed by atoms with Crippen molar-refractivity contribution >= 4 is 11.8 Å². The van der Waals surface area contributed by atoms with Crippen LogP contribution in [0.15, 0.2) is 0 Å². The fourth-order valence-corrected chi connectivity index (χ4v) is 2.45. The fourth-order valence-electron chi connectivity index (χ4n) is 2.45. The molecule has 0 bridgehead atoms. The van der Waals surface area contributed by atoms with E-state index in [1.165, 1.54) is 0 Å². The number of amides is 2. The van der Waals surface area contributed by atoms with Crippen molar-refractivity contribution in [2.45, 2.75) is 45.6 Å². The van der Waals surface area contributed by atoms with Gasteiger partial charge >= 0.3 is 0 Å². The van der Waals surface area contributed by atoms with Crippen molar-refractivity contribution < 1.29 is 9.59 Å². The largest absolute Gasteiger partial charge is 0.354 e. The Morgan fingerprint density at radius 1 is 1.39 bits per heavy atom. The third kappa shape index (κ3) is 3.98. The lowest BCUT2D eigenvalue weighted by Crippen LogP contribution is -2.47. The zero-order chi connectivity index (χ0) is 13.5. The summed E-state index contributed by atoms with van der Waals surface area (Å²) in [5.41, 5.74) is 5.66. The predicted molar refractivity (Wildman–Crippen MR) is 70.8 cm³/mol. The first-order chi connectivity index (χ1) is 8.60. The van der Waals surface area contributed by atoms with Crippen molar-refractivity contribution in [1.29, 1.82) is 0 Å². The Morgan fingerprint density at radius 2 is 2.11 bits per heavy atom. The van der Waals surface area contributed by atoms with E-state index in [0.717, 1.165) is 25.7 Å². The Kier molecular flexibility index (Phi) is 6.12. The summed E-state index contributed by atoms with van der Waals surface area (Å²) in [5.74, 6) is 0.113. The number of nitrogens with two attached hydrogens (primary N) is 1. The molecule has 0 radical (unpaired) electrons. The minimum atomic E-state index is -0.469. The van der Waals surface area contributed by atoms with Gasteiger partial charge < -0.3 is 16.4 Å². The molecule has 3 unspecified atom stereocenters. The maximum absolute atomic E-state index is 12.1. The second kappa shape index (κ2) is 7.36. The second-order valence-electron chi connectivity index (χ2n) is 5.05. The first kappa shape index (κ1) is 15.0. The second-order valence-corrected chi connectivity index (χ2v) is 5.05. The molecule has 0 spiro atoms. The highest BCUT2D eigenvalue weighted by atomic mass is 16.2. The molecular formula is C13H25N3O2. The SMILES string of the molecule is CCCNC(=O)C(C)NC(=O)C1CCCC1CN. The number of hydrogen-bond donors (Lipinski definition) is 3. The topological polar surface area (TPSA) is 84.2 Å². The van der Waals surface area contributed by atoms with Gasteiger partial charge in [-0.3, -0.25) is 9.59 Å². The highest BCUT2D eigenvalue weighted by Crippen LogP contribution is 2.30. The monoisotopic (exact) mass is 255 g/mol. The summed E-state index contributed by atoms with van der Waals surface area (Å²) in [6.45, 7) is 4.91. The number of nitrogens with one attached hydrogen (secondary N) is 2. The molecular weight excluding hydrogens is 230 g/mol. The van der Waals surface area contributed by atoms with Gasteiger partial charge in [-0.2, -0.15) is 0 Å². The first-order valence-corrected chi connectivity index (χ1v) is 6.88. The van der Waals surface area contributed by atoms with Crippen LogP contribution in [0.2, 0.25) is 0 Å². The van der Waals surface area contributed by atoms with Gasteiger partial charge in [0.2, 0.25) is 11.8 Å². The van der Waals surface area contributed by atoms with Gasteiger partial charge in [-0.15, -0.1) is 0 Å². The van der Waals surface area contributed by atoms with E-state index in [0.29, 0.717) is 13.1 Å². The molecule has 1 rings (SSSR count).